The van der Waals surface area contributed by atoms with E-state index in [4.69, 9.17) is 10.00 Å². The molecule has 1 aromatic rings. The van der Waals surface area contributed by atoms with E-state index in [0.29, 0.717) is 17.5 Å². The van der Waals surface area contributed by atoms with Gasteiger partial charge in [-0.05, 0) is 44.6 Å². The van der Waals surface area contributed by atoms with Crippen LogP contribution in [0.3, 0.4) is 0 Å². The van der Waals surface area contributed by atoms with Crippen LogP contribution in [-0.2, 0) is 4.79 Å². The fourth-order valence-electron chi connectivity index (χ4n) is 3.00. The fraction of sp³-hybridized carbons (Fsp3) is 0.588. The monoisotopic (exact) mass is 299 g/mol. The highest BCUT2D eigenvalue weighted by Crippen LogP contribution is 2.28. The van der Waals surface area contributed by atoms with Crippen molar-refractivity contribution in [1.82, 2.24) is 10.3 Å². The minimum atomic E-state index is 0.150. The lowest BCUT2D eigenvalue weighted by atomic mass is 9.84. The molecule has 0 radical (unpaired) electrons. The van der Waals surface area contributed by atoms with Gasteiger partial charge >= 0.3 is 0 Å². The Hall–Kier alpha value is -2.09. The van der Waals surface area contributed by atoms with Gasteiger partial charge in [-0.25, -0.2) is 4.98 Å². The first-order chi connectivity index (χ1) is 10.7. The number of nitriles is 1. The van der Waals surface area contributed by atoms with Crippen LogP contribution in [0, 0.1) is 17.2 Å². The molecule has 3 rings (SSSR count). The Balaban J connectivity index is 1.43. The zero-order valence-corrected chi connectivity index (χ0v) is 12.6. The van der Waals surface area contributed by atoms with Gasteiger partial charge in [0.25, 0.3) is 0 Å². The standard InChI is InChI=1S/C17H21N3O2/c18-10-12-4-9-16(19-11-12)22-15-7-5-14(6-8-15)20-17(21)13-2-1-3-13/h4,9,11,13-15H,1-3,5-8H2,(H,20,21). The van der Waals surface area contributed by atoms with Gasteiger partial charge in [-0.3, -0.25) is 4.79 Å². The fourth-order valence-corrected chi connectivity index (χ4v) is 3.00. The van der Waals surface area contributed by atoms with Crippen molar-refractivity contribution >= 4 is 5.91 Å². The summed E-state index contributed by atoms with van der Waals surface area (Å²) in [4.78, 5) is 16.1. The number of nitrogens with one attached hydrogen (secondary N) is 1. The van der Waals surface area contributed by atoms with Crippen LogP contribution in [0.1, 0.15) is 50.5 Å². The van der Waals surface area contributed by atoms with Crippen molar-refractivity contribution in [3.63, 3.8) is 0 Å². The van der Waals surface area contributed by atoms with E-state index in [9.17, 15) is 4.79 Å². The highest BCUT2D eigenvalue weighted by atomic mass is 16.5. The summed E-state index contributed by atoms with van der Waals surface area (Å²) in [7, 11) is 0. The second-order valence-corrected chi connectivity index (χ2v) is 6.22. The highest BCUT2D eigenvalue weighted by molar-refractivity contribution is 5.79. The van der Waals surface area contributed by atoms with Crippen molar-refractivity contribution in [2.45, 2.75) is 57.1 Å². The molecule has 1 amide bonds. The van der Waals surface area contributed by atoms with Crippen LogP contribution in [0.25, 0.3) is 0 Å². The third-order valence-electron chi connectivity index (χ3n) is 4.65. The van der Waals surface area contributed by atoms with Crippen LogP contribution in [0.15, 0.2) is 18.3 Å². The van der Waals surface area contributed by atoms with Crippen LogP contribution >= 0.6 is 0 Å². The third-order valence-corrected chi connectivity index (χ3v) is 4.65. The van der Waals surface area contributed by atoms with Crippen molar-refractivity contribution in [3.8, 4) is 11.9 Å². The van der Waals surface area contributed by atoms with Gasteiger partial charge in [0.15, 0.2) is 0 Å². The van der Waals surface area contributed by atoms with Crippen LogP contribution in [0.5, 0.6) is 5.88 Å². The normalized spacial score (nSPS) is 24.9. The second-order valence-electron chi connectivity index (χ2n) is 6.22. The molecule has 2 aliphatic rings. The van der Waals surface area contributed by atoms with Crippen LogP contribution in [0.2, 0.25) is 0 Å². The molecule has 0 unspecified atom stereocenters. The number of hydrogen-bond acceptors (Lipinski definition) is 4. The Morgan fingerprint density at radius 3 is 2.55 bits per heavy atom. The molecule has 2 fully saturated rings. The smallest absolute Gasteiger partial charge is 0.223 e. The average Bonchev–Trinajstić information content (AvgIpc) is 2.48. The van der Waals surface area contributed by atoms with Gasteiger partial charge in [-0.2, -0.15) is 5.26 Å². The third kappa shape index (κ3) is 3.56. The number of nitrogens with zero attached hydrogens (tertiary/aromatic N) is 2. The van der Waals surface area contributed by atoms with Gasteiger partial charge in [0.1, 0.15) is 12.2 Å². The van der Waals surface area contributed by atoms with E-state index >= 15 is 0 Å². The second kappa shape index (κ2) is 6.78. The zero-order valence-electron chi connectivity index (χ0n) is 12.6. The maximum Gasteiger partial charge on any atom is 0.223 e. The number of carbonyl (C=O) groups excluding carboxylic acids is 1. The van der Waals surface area contributed by atoms with E-state index in [0.717, 1.165) is 38.5 Å². The SMILES string of the molecule is N#Cc1ccc(OC2CCC(NC(=O)C3CCC3)CC2)nc1. The molecule has 5 nitrogen and oxygen atoms in total. The van der Waals surface area contributed by atoms with Crippen LogP contribution < -0.4 is 10.1 Å². The van der Waals surface area contributed by atoms with Crippen LogP contribution in [-0.4, -0.2) is 23.0 Å². The molecular formula is C17H21N3O2. The molecule has 2 saturated carbocycles. The molecule has 1 heterocycles. The lowest BCUT2D eigenvalue weighted by Gasteiger charge is -2.32. The molecule has 1 N–H and O–H groups in total. The quantitative estimate of drug-likeness (QED) is 0.927. The summed E-state index contributed by atoms with van der Waals surface area (Å²) < 4.78 is 5.85. The maximum absolute atomic E-state index is 11.9. The van der Waals surface area contributed by atoms with Crippen molar-refractivity contribution < 1.29 is 9.53 Å². The van der Waals surface area contributed by atoms with Gasteiger partial charge < -0.3 is 10.1 Å². The van der Waals surface area contributed by atoms with E-state index in [1.54, 1.807) is 12.1 Å². The maximum atomic E-state index is 11.9. The van der Waals surface area contributed by atoms with Crippen molar-refractivity contribution in [2.75, 3.05) is 0 Å². The summed E-state index contributed by atoms with van der Waals surface area (Å²) in [5, 5.41) is 11.9. The van der Waals surface area contributed by atoms with E-state index in [-0.39, 0.29) is 17.9 Å². The summed E-state index contributed by atoms with van der Waals surface area (Å²) in [6.45, 7) is 0. The number of carbonyl (C=O) groups is 1. The van der Waals surface area contributed by atoms with E-state index in [1.165, 1.54) is 12.6 Å². The summed E-state index contributed by atoms with van der Waals surface area (Å²) in [6.07, 6.45) is 8.74. The Kier molecular flexibility index (Phi) is 4.57. The summed E-state index contributed by atoms with van der Waals surface area (Å²) in [5.41, 5.74) is 0.537. The number of ether oxygens (including phenoxy) is 1. The van der Waals surface area contributed by atoms with Gasteiger partial charge in [-0.15, -0.1) is 0 Å². The van der Waals surface area contributed by atoms with E-state index in [1.807, 2.05) is 6.07 Å². The summed E-state index contributed by atoms with van der Waals surface area (Å²) in [5.74, 6) is 1.07. The Morgan fingerprint density at radius 1 is 1.23 bits per heavy atom. The molecule has 0 aliphatic heterocycles. The number of aromatic nitrogens is 1. The molecular weight excluding hydrogens is 278 g/mol. The van der Waals surface area contributed by atoms with Crippen LogP contribution in [0.4, 0.5) is 0 Å². The molecule has 0 aromatic carbocycles. The van der Waals surface area contributed by atoms with Gasteiger partial charge in [-0.1, -0.05) is 6.42 Å². The van der Waals surface area contributed by atoms with Gasteiger partial charge in [0.2, 0.25) is 11.8 Å². The molecule has 116 valence electrons. The number of rotatable bonds is 4. The van der Waals surface area contributed by atoms with Crippen molar-refractivity contribution in [1.29, 1.82) is 5.26 Å². The molecule has 22 heavy (non-hydrogen) atoms. The first-order valence-electron chi connectivity index (χ1n) is 8.08. The predicted molar refractivity (Wildman–Crippen MR) is 81.1 cm³/mol. The van der Waals surface area contributed by atoms with Gasteiger partial charge in [0, 0.05) is 24.2 Å². The lowest BCUT2D eigenvalue weighted by Crippen LogP contribution is -2.43. The number of amides is 1. The topological polar surface area (TPSA) is 75.0 Å². The average molecular weight is 299 g/mol. The molecule has 2 aliphatic carbocycles. The minimum Gasteiger partial charge on any atom is -0.474 e. The molecule has 0 spiro atoms. The summed E-state index contributed by atoms with van der Waals surface area (Å²) >= 11 is 0. The number of pyridine rings is 1. The summed E-state index contributed by atoms with van der Waals surface area (Å²) in [6, 6.07) is 5.79. The Bertz CT molecular complexity index is 552. The largest absolute Gasteiger partial charge is 0.474 e. The Morgan fingerprint density at radius 2 is 2.00 bits per heavy atom. The van der Waals surface area contributed by atoms with Crippen molar-refractivity contribution in [2.24, 2.45) is 5.92 Å². The molecule has 0 atom stereocenters. The molecule has 0 bridgehead atoms. The van der Waals surface area contributed by atoms with Crippen molar-refractivity contribution in [3.05, 3.63) is 23.9 Å². The Labute approximate surface area is 130 Å². The zero-order chi connectivity index (χ0) is 15.4. The predicted octanol–water partition coefficient (Wildman–Crippen LogP) is 2.56. The highest BCUT2D eigenvalue weighted by Gasteiger charge is 2.29. The lowest BCUT2D eigenvalue weighted by molar-refractivity contribution is -0.128. The van der Waals surface area contributed by atoms with Gasteiger partial charge in [0.05, 0.1) is 5.56 Å². The molecule has 0 saturated heterocycles. The minimum absolute atomic E-state index is 0.150. The first-order valence-corrected chi connectivity index (χ1v) is 8.08. The number of hydrogen-bond donors (Lipinski definition) is 1. The first kappa shape index (κ1) is 14.8. The van der Waals surface area contributed by atoms with E-state index in [2.05, 4.69) is 10.3 Å². The molecule has 1 aromatic heterocycles. The molecule has 5 heteroatoms. The van der Waals surface area contributed by atoms with E-state index < -0.39 is 0 Å².